The number of anilines is 1. The second kappa shape index (κ2) is 12.1. The van der Waals surface area contributed by atoms with E-state index in [1.165, 1.54) is 18.0 Å². The molecular formula is C26H35N5O2S. The van der Waals surface area contributed by atoms with E-state index in [1.807, 2.05) is 35.7 Å². The Morgan fingerprint density at radius 2 is 1.88 bits per heavy atom. The molecule has 1 aliphatic heterocycles. The molecule has 1 saturated heterocycles. The summed E-state index contributed by atoms with van der Waals surface area (Å²) in [6.45, 7) is 8.94. The van der Waals surface area contributed by atoms with Crippen molar-refractivity contribution in [3.05, 3.63) is 35.2 Å². The zero-order valence-corrected chi connectivity index (χ0v) is 21.3. The molecule has 0 aliphatic carbocycles. The van der Waals surface area contributed by atoms with Crippen LogP contribution in [0.4, 0.5) is 5.82 Å². The lowest BCUT2D eigenvalue weighted by molar-refractivity contribution is -0.121. The van der Waals surface area contributed by atoms with Gasteiger partial charge in [0.25, 0.3) is 0 Å². The number of carbonyl (C=O) groups excluding carboxylic acids is 2. The van der Waals surface area contributed by atoms with E-state index in [2.05, 4.69) is 47.6 Å². The highest BCUT2D eigenvalue weighted by molar-refractivity contribution is 7.04. The summed E-state index contributed by atoms with van der Waals surface area (Å²) in [5.74, 6) is 0.859. The molecule has 1 aliphatic rings. The van der Waals surface area contributed by atoms with E-state index >= 15 is 0 Å². The molecule has 8 heteroatoms. The highest BCUT2D eigenvalue weighted by Crippen LogP contribution is 2.31. The molecule has 3 atom stereocenters. The standard InChI is InChI=1S/C26H35N5O2S/c1-17(2)14-23(26(33)28-13-12-27)29-25-22(16-34-30-25)20-8-10-21(11-9-20)24(32)15-31-18(3)6-5-7-19(31)4/h8-11,16-19,23H,5-7,13-15H2,1-4H3,(H,28,33)(H,29,30)/t18?,19?,23-/m0/s1. The van der Waals surface area contributed by atoms with Gasteiger partial charge in [-0.05, 0) is 56.1 Å². The number of nitrogens with zero attached hydrogens (tertiary/aromatic N) is 3. The number of benzene rings is 1. The summed E-state index contributed by atoms with van der Waals surface area (Å²) in [7, 11) is 0. The molecule has 2 aromatic rings. The molecule has 2 unspecified atom stereocenters. The number of ketones is 1. The van der Waals surface area contributed by atoms with Gasteiger partial charge in [-0.2, -0.15) is 9.64 Å². The number of amides is 1. The van der Waals surface area contributed by atoms with Gasteiger partial charge in [-0.15, -0.1) is 0 Å². The third kappa shape index (κ3) is 6.64. The van der Waals surface area contributed by atoms with Gasteiger partial charge in [0.15, 0.2) is 5.78 Å². The second-order valence-corrected chi connectivity index (χ2v) is 10.2. The van der Waals surface area contributed by atoms with E-state index < -0.39 is 6.04 Å². The highest BCUT2D eigenvalue weighted by Gasteiger charge is 2.27. The molecule has 3 rings (SSSR count). The molecule has 1 fully saturated rings. The number of piperidine rings is 1. The third-order valence-corrected chi connectivity index (χ3v) is 7.10. The minimum absolute atomic E-state index is 0.0243. The predicted octanol–water partition coefficient (Wildman–Crippen LogP) is 4.72. The number of likely N-dealkylation sites (tertiary alicyclic amines) is 1. The summed E-state index contributed by atoms with van der Waals surface area (Å²) in [5.41, 5.74) is 2.54. The smallest absolute Gasteiger partial charge is 0.243 e. The van der Waals surface area contributed by atoms with E-state index in [0.717, 1.165) is 24.0 Å². The number of nitriles is 1. The van der Waals surface area contributed by atoms with Gasteiger partial charge in [-0.1, -0.05) is 44.5 Å². The molecular weight excluding hydrogens is 446 g/mol. The Morgan fingerprint density at radius 3 is 2.50 bits per heavy atom. The Morgan fingerprint density at radius 1 is 1.21 bits per heavy atom. The molecule has 1 aromatic heterocycles. The Hall–Kier alpha value is -2.76. The number of Topliss-reactive ketones (excluding diaryl/α,β-unsaturated/α-hetero) is 1. The van der Waals surface area contributed by atoms with Gasteiger partial charge in [0, 0.05) is 28.6 Å². The van der Waals surface area contributed by atoms with Crippen LogP contribution in [-0.2, 0) is 4.79 Å². The molecule has 2 N–H and O–H groups in total. The molecule has 1 amide bonds. The second-order valence-electron chi connectivity index (χ2n) is 9.58. The molecule has 0 bridgehead atoms. The van der Waals surface area contributed by atoms with Crippen LogP contribution < -0.4 is 10.6 Å². The SMILES string of the molecule is CC(C)C[C@H](Nc1nscc1-c1ccc(C(=O)CN2C(C)CCCC2C)cc1)C(=O)NCC#N. The normalized spacial score (nSPS) is 19.4. The topological polar surface area (TPSA) is 98.1 Å². The fraction of sp³-hybridized carbons (Fsp3) is 0.538. The average molecular weight is 482 g/mol. The first-order valence-electron chi connectivity index (χ1n) is 12.0. The molecule has 0 radical (unpaired) electrons. The van der Waals surface area contributed by atoms with Crippen LogP contribution in [0.15, 0.2) is 29.6 Å². The third-order valence-electron chi connectivity index (χ3n) is 6.47. The number of carbonyl (C=O) groups is 2. The van der Waals surface area contributed by atoms with Crippen molar-refractivity contribution in [3.63, 3.8) is 0 Å². The number of rotatable bonds is 10. The van der Waals surface area contributed by atoms with Crippen LogP contribution in [0.2, 0.25) is 0 Å². The van der Waals surface area contributed by atoms with Crippen LogP contribution >= 0.6 is 11.5 Å². The van der Waals surface area contributed by atoms with Gasteiger partial charge in [-0.25, -0.2) is 0 Å². The number of hydrogen-bond acceptors (Lipinski definition) is 7. The lowest BCUT2D eigenvalue weighted by Gasteiger charge is -2.38. The van der Waals surface area contributed by atoms with Crippen molar-refractivity contribution in [2.75, 3.05) is 18.4 Å². The molecule has 182 valence electrons. The van der Waals surface area contributed by atoms with Crippen molar-refractivity contribution in [1.29, 1.82) is 5.26 Å². The first kappa shape index (κ1) is 25.9. The monoisotopic (exact) mass is 481 g/mol. The fourth-order valence-corrected chi connectivity index (χ4v) is 5.20. The minimum Gasteiger partial charge on any atom is -0.357 e. The summed E-state index contributed by atoms with van der Waals surface area (Å²) in [6.07, 6.45) is 4.13. The molecule has 0 spiro atoms. The van der Waals surface area contributed by atoms with Crippen LogP contribution in [0.5, 0.6) is 0 Å². The quantitative estimate of drug-likeness (QED) is 0.376. The van der Waals surface area contributed by atoms with Gasteiger partial charge in [-0.3, -0.25) is 14.5 Å². The number of hydrogen-bond donors (Lipinski definition) is 2. The fourth-order valence-electron chi connectivity index (χ4n) is 4.54. The van der Waals surface area contributed by atoms with Crippen molar-refractivity contribution in [3.8, 4) is 17.2 Å². The Labute approximate surface area is 206 Å². The molecule has 1 aromatic carbocycles. The average Bonchev–Trinajstić information content (AvgIpc) is 3.27. The van der Waals surface area contributed by atoms with Gasteiger partial charge in [0.1, 0.15) is 18.4 Å². The Kier molecular flexibility index (Phi) is 9.20. The first-order valence-corrected chi connectivity index (χ1v) is 12.9. The van der Waals surface area contributed by atoms with Crippen LogP contribution in [0.1, 0.15) is 63.7 Å². The Balaban J connectivity index is 1.72. The summed E-state index contributed by atoms with van der Waals surface area (Å²) < 4.78 is 4.47. The maximum atomic E-state index is 12.9. The zero-order valence-electron chi connectivity index (χ0n) is 20.5. The molecule has 7 nitrogen and oxygen atoms in total. The molecule has 2 heterocycles. The summed E-state index contributed by atoms with van der Waals surface area (Å²) in [6, 6.07) is 9.97. The van der Waals surface area contributed by atoms with Crippen molar-refractivity contribution >= 4 is 29.0 Å². The maximum absolute atomic E-state index is 12.9. The van der Waals surface area contributed by atoms with E-state index in [9.17, 15) is 9.59 Å². The number of nitrogens with one attached hydrogen (secondary N) is 2. The van der Waals surface area contributed by atoms with Gasteiger partial charge < -0.3 is 10.6 Å². The minimum atomic E-state index is -0.483. The summed E-state index contributed by atoms with van der Waals surface area (Å²) in [5, 5.41) is 16.6. The van der Waals surface area contributed by atoms with Crippen molar-refractivity contribution in [2.24, 2.45) is 5.92 Å². The Bertz CT molecular complexity index is 1000. The van der Waals surface area contributed by atoms with Gasteiger partial charge >= 0.3 is 0 Å². The number of aromatic nitrogens is 1. The molecule has 0 saturated carbocycles. The zero-order chi connectivity index (χ0) is 24.7. The highest BCUT2D eigenvalue weighted by atomic mass is 32.1. The van der Waals surface area contributed by atoms with Crippen LogP contribution in [0.3, 0.4) is 0 Å². The predicted molar refractivity (Wildman–Crippen MR) is 137 cm³/mol. The van der Waals surface area contributed by atoms with Crippen LogP contribution in [-0.4, -0.2) is 52.2 Å². The van der Waals surface area contributed by atoms with E-state index in [4.69, 9.17) is 5.26 Å². The van der Waals surface area contributed by atoms with Gasteiger partial charge in [0.2, 0.25) is 5.91 Å². The van der Waals surface area contributed by atoms with Gasteiger partial charge in [0.05, 0.1) is 12.6 Å². The van der Waals surface area contributed by atoms with Crippen molar-refractivity contribution in [1.82, 2.24) is 14.6 Å². The van der Waals surface area contributed by atoms with Crippen LogP contribution in [0, 0.1) is 17.2 Å². The molecule has 34 heavy (non-hydrogen) atoms. The van der Waals surface area contributed by atoms with Crippen molar-refractivity contribution in [2.45, 2.75) is 71.5 Å². The van der Waals surface area contributed by atoms with Crippen LogP contribution in [0.25, 0.3) is 11.1 Å². The summed E-state index contributed by atoms with van der Waals surface area (Å²) in [4.78, 5) is 27.8. The van der Waals surface area contributed by atoms with Crippen molar-refractivity contribution < 1.29 is 9.59 Å². The largest absolute Gasteiger partial charge is 0.357 e. The summed E-state index contributed by atoms with van der Waals surface area (Å²) >= 11 is 1.32. The first-order chi connectivity index (χ1) is 16.3. The lowest BCUT2D eigenvalue weighted by atomic mass is 9.96. The maximum Gasteiger partial charge on any atom is 0.243 e. The van der Waals surface area contributed by atoms with E-state index in [1.54, 1.807) is 0 Å². The van der Waals surface area contributed by atoms with E-state index in [0.29, 0.717) is 42.3 Å². The lowest BCUT2D eigenvalue weighted by Crippen LogP contribution is -2.46. The van der Waals surface area contributed by atoms with E-state index in [-0.39, 0.29) is 18.2 Å².